The van der Waals surface area contributed by atoms with Gasteiger partial charge in [0.25, 0.3) is 0 Å². The van der Waals surface area contributed by atoms with Crippen molar-refractivity contribution in [2.75, 3.05) is 0 Å². The second-order valence-corrected chi connectivity index (χ2v) is 7.46. The van der Waals surface area contributed by atoms with Gasteiger partial charge >= 0.3 is 0 Å². The van der Waals surface area contributed by atoms with Gasteiger partial charge in [-0.15, -0.1) is 0 Å². The topological polar surface area (TPSA) is 55.1 Å². The molecule has 0 unspecified atom stereocenters. The van der Waals surface area contributed by atoms with Gasteiger partial charge in [-0.1, -0.05) is 35.7 Å². The van der Waals surface area contributed by atoms with E-state index in [4.69, 9.17) is 28.9 Å². The minimum Gasteiger partial charge on any atom is -0.353 e. The predicted octanol–water partition coefficient (Wildman–Crippen LogP) is 3.80. The molecule has 5 heteroatoms. The second kappa shape index (κ2) is 6.38. The highest BCUT2D eigenvalue weighted by molar-refractivity contribution is 6.42. The smallest absolute Gasteiger partial charge is 0.230 e. The molecule has 120 valence electrons. The summed E-state index contributed by atoms with van der Waals surface area (Å²) in [5.41, 5.74) is 6.49. The SMILES string of the molecule is NC1CCC(NC(=O)C2(c3ccc(Cl)c(Cl)c3)CCC2)CC1. The largest absolute Gasteiger partial charge is 0.353 e. The Morgan fingerprint density at radius 1 is 1.14 bits per heavy atom. The van der Waals surface area contributed by atoms with E-state index in [2.05, 4.69) is 5.32 Å². The first-order valence-corrected chi connectivity index (χ1v) is 8.79. The van der Waals surface area contributed by atoms with Gasteiger partial charge in [0.1, 0.15) is 0 Å². The van der Waals surface area contributed by atoms with Crippen LogP contribution in [-0.2, 0) is 10.2 Å². The number of hydrogen-bond donors (Lipinski definition) is 2. The van der Waals surface area contributed by atoms with Crippen molar-refractivity contribution in [3.8, 4) is 0 Å². The van der Waals surface area contributed by atoms with Gasteiger partial charge in [0.05, 0.1) is 15.5 Å². The van der Waals surface area contributed by atoms with Gasteiger partial charge in [-0.3, -0.25) is 4.79 Å². The molecule has 3 N–H and O–H groups in total. The molecule has 2 aliphatic rings. The zero-order valence-corrected chi connectivity index (χ0v) is 14.1. The lowest BCUT2D eigenvalue weighted by Crippen LogP contribution is -2.53. The lowest BCUT2D eigenvalue weighted by Gasteiger charge is -2.42. The van der Waals surface area contributed by atoms with E-state index < -0.39 is 5.41 Å². The number of amides is 1. The highest BCUT2D eigenvalue weighted by atomic mass is 35.5. The Morgan fingerprint density at radius 3 is 2.36 bits per heavy atom. The van der Waals surface area contributed by atoms with Crippen molar-refractivity contribution in [2.45, 2.75) is 62.4 Å². The van der Waals surface area contributed by atoms with Crippen LogP contribution in [-0.4, -0.2) is 18.0 Å². The number of benzene rings is 1. The lowest BCUT2D eigenvalue weighted by molar-refractivity contribution is -0.130. The van der Waals surface area contributed by atoms with Crippen molar-refractivity contribution in [3.05, 3.63) is 33.8 Å². The van der Waals surface area contributed by atoms with Gasteiger partial charge in [-0.2, -0.15) is 0 Å². The molecule has 2 fully saturated rings. The number of rotatable bonds is 3. The van der Waals surface area contributed by atoms with E-state index >= 15 is 0 Å². The van der Waals surface area contributed by atoms with Gasteiger partial charge in [-0.05, 0) is 56.2 Å². The zero-order chi connectivity index (χ0) is 15.7. The van der Waals surface area contributed by atoms with Crippen LogP contribution in [0.5, 0.6) is 0 Å². The molecule has 1 aromatic carbocycles. The third-order valence-corrected chi connectivity index (χ3v) is 5.96. The fourth-order valence-electron chi connectivity index (χ4n) is 3.56. The monoisotopic (exact) mass is 340 g/mol. The van der Waals surface area contributed by atoms with E-state index in [9.17, 15) is 4.79 Å². The summed E-state index contributed by atoms with van der Waals surface area (Å²) in [6, 6.07) is 6.11. The molecular weight excluding hydrogens is 319 g/mol. The molecule has 22 heavy (non-hydrogen) atoms. The molecule has 1 amide bonds. The summed E-state index contributed by atoms with van der Waals surface area (Å²) in [7, 11) is 0. The molecule has 2 saturated carbocycles. The molecule has 0 radical (unpaired) electrons. The normalized spacial score (nSPS) is 27.0. The van der Waals surface area contributed by atoms with Gasteiger partial charge in [-0.25, -0.2) is 0 Å². The standard InChI is InChI=1S/C17H22Cl2N2O/c18-14-7-2-11(10-15(14)19)17(8-1-9-17)16(22)21-13-5-3-12(20)4-6-13/h2,7,10,12-13H,1,3-6,8-9,20H2,(H,21,22). The van der Waals surface area contributed by atoms with Crippen LogP contribution < -0.4 is 11.1 Å². The van der Waals surface area contributed by atoms with Crippen LogP contribution in [0.2, 0.25) is 10.0 Å². The molecule has 1 aromatic rings. The third kappa shape index (κ3) is 2.99. The summed E-state index contributed by atoms with van der Waals surface area (Å²) in [5, 5.41) is 4.29. The quantitative estimate of drug-likeness (QED) is 0.879. The number of carbonyl (C=O) groups is 1. The Labute approximate surface area is 141 Å². The first-order valence-electron chi connectivity index (χ1n) is 8.03. The number of halogens is 2. The summed E-state index contributed by atoms with van der Waals surface area (Å²) in [6.07, 6.45) is 6.76. The fraction of sp³-hybridized carbons (Fsp3) is 0.588. The van der Waals surface area contributed by atoms with E-state index in [0.717, 1.165) is 50.5 Å². The molecule has 3 nitrogen and oxygen atoms in total. The van der Waals surface area contributed by atoms with Crippen LogP contribution in [0.1, 0.15) is 50.5 Å². The highest BCUT2D eigenvalue weighted by Gasteiger charge is 2.46. The maximum atomic E-state index is 12.9. The minimum atomic E-state index is -0.423. The van der Waals surface area contributed by atoms with Crippen LogP contribution in [0.4, 0.5) is 0 Å². The Kier molecular flexibility index (Phi) is 4.67. The van der Waals surface area contributed by atoms with E-state index in [-0.39, 0.29) is 11.9 Å². The molecule has 0 bridgehead atoms. The van der Waals surface area contributed by atoms with Gasteiger partial charge in [0.2, 0.25) is 5.91 Å². The average molecular weight is 341 g/mol. The summed E-state index contributed by atoms with van der Waals surface area (Å²) >= 11 is 12.1. The average Bonchev–Trinajstić information content (AvgIpc) is 2.44. The van der Waals surface area contributed by atoms with Crippen LogP contribution in [0.25, 0.3) is 0 Å². The maximum Gasteiger partial charge on any atom is 0.230 e. The fourth-order valence-corrected chi connectivity index (χ4v) is 3.86. The Balaban J connectivity index is 1.74. The minimum absolute atomic E-state index is 0.137. The molecular formula is C17H22Cl2N2O. The number of carbonyl (C=O) groups excluding carboxylic acids is 1. The number of nitrogens with one attached hydrogen (secondary N) is 1. The van der Waals surface area contributed by atoms with Gasteiger partial charge in [0.15, 0.2) is 0 Å². The van der Waals surface area contributed by atoms with Gasteiger partial charge in [0, 0.05) is 12.1 Å². The van der Waals surface area contributed by atoms with Crippen LogP contribution in [0.15, 0.2) is 18.2 Å². The molecule has 0 spiro atoms. The second-order valence-electron chi connectivity index (χ2n) is 6.65. The molecule has 0 heterocycles. The van der Waals surface area contributed by atoms with E-state index in [1.165, 1.54) is 0 Å². The predicted molar refractivity (Wildman–Crippen MR) is 90.4 cm³/mol. The van der Waals surface area contributed by atoms with E-state index in [1.54, 1.807) is 6.07 Å². The van der Waals surface area contributed by atoms with Crippen LogP contribution in [0, 0.1) is 0 Å². The number of nitrogens with two attached hydrogens (primary N) is 1. The summed E-state index contributed by atoms with van der Waals surface area (Å²) in [6.45, 7) is 0. The first-order chi connectivity index (χ1) is 10.5. The third-order valence-electron chi connectivity index (χ3n) is 5.22. The Morgan fingerprint density at radius 2 is 1.82 bits per heavy atom. The summed E-state index contributed by atoms with van der Waals surface area (Å²) in [4.78, 5) is 12.9. The van der Waals surface area contributed by atoms with Crippen molar-refractivity contribution in [1.29, 1.82) is 0 Å². The van der Waals surface area contributed by atoms with Crippen molar-refractivity contribution >= 4 is 29.1 Å². The van der Waals surface area contributed by atoms with Crippen LogP contribution in [0.3, 0.4) is 0 Å². The highest BCUT2D eigenvalue weighted by Crippen LogP contribution is 2.45. The Bertz CT molecular complexity index is 564. The molecule has 3 rings (SSSR count). The first kappa shape index (κ1) is 16.1. The van der Waals surface area contributed by atoms with E-state index in [0.29, 0.717) is 16.1 Å². The summed E-state index contributed by atoms with van der Waals surface area (Å²) in [5.74, 6) is 0.137. The van der Waals surface area contributed by atoms with Crippen LogP contribution >= 0.6 is 23.2 Å². The van der Waals surface area contributed by atoms with Crippen molar-refractivity contribution < 1.29 is 4.79 Å². The van der Waals surface area contributed by atoms with Crippen molar-refractivity contribution in [2.24, 2.45) is 5.73 Å². The lowest BCUT2D eigenvalue weighted by atomic mass is 9.63. The van der Waals surface area contributed by atoms with Crippen molar-refractivity contribution in [3.63, 3.8) is 0 Å². The number of hydrogen-bond acceptors (Lipinski definition) is 2. The van der Waals surface area contributed by atoms with Crippen molar-refractivity contribution in [1.82, 2.24) is 5.32 Å². The van der Waals surface area contributed by atoms with E-state index in [1.807, 2.05) is 12.1 Å². The summed E-state index contributed by atoms with van der Waals surface area (Å²) < 4.78 is 0. The Hall–Kier alpha value is -0.770. The molecule has 0 aromatic heterocycles. The maximum absolute atomic E-state index is 12.9. The molecule has 0 aliphatic heterocycles. The van der Waals surface area contributed by atoms with Gasteiger partial charge < -0.3 is 11.1 Å². The molecule has 0 saturated heterocycles. The molecule has 2 aliphatic carbocycles. The molecule has 0 atom stereocenters. The zero-order valence-electron chi connectivity index (χ0n) is 12.6.